The van der Waals surface area contributed by atoms with Crippen LogP contribution in [0.15, 0.2) is 36.7 Å². The van der Waals surface area contributed by atoms with Crippen molar-refractivity contribution in [3.05, 3.63) is 42.2 Å². The summed E-state index contributed by atoms with van der Waals surface area (Å²) < 4.78 is 5.41. The Hall–Kier alpha value is -3.49. The quantitative estimate of drug-likeness (QED) is 0.837. The van der Waals surface area contributed by atoms with Crippen molar-refractivity contribution in [2.75, 3.05) is 25.0 Å². The van der Waals surface area contributed by atoms with E-state index in [1.54, 1.807) is 30.3 Å². The third-order valence-corrected chi connectivity index (χ3v) is 3.73. The molecule has 1 fully saturated rings. The molecule has 1 aliphatic rings. The van der Waals surface area contributed by atoms with Crippen molar-refractivity contribution in [1.82, 2.24) is 14.9 Å². The molecule has 0 aliphatic carbocycles. The maximum atomic E-state index is 12.3. The van der Waals surface area contributed by atoms with Gasteiger partial charge in [-0.3, -0.25) is 4.79 Å². The molecular formula is C17H14N6O2. The van der Waals surface area contributed by atoms with Crippen molar-refractivity contribution in [2.45, 2.75) is 6.10 Å². The van der Waals surface area contributed by atoms with Crippen LogP contribution in [0.1, 0.15) is 5.56 Å². The number of hydrogen-bond donors (Lipinski definition) is 1. The number of amides is 1. The molecule has 1 atom stereocenters. The molecule has 1 unspecified atom stereocenters. The Morgan fingerprint density at radius 3 is 2.80 bits per heavy atom. The predicted molar refractivity (Wildman–Crippen MR) is 87.7 cm³/mol. The first kappa shape index (κ1) is 16.4. The summed E-state index contributed by atoms with van der Waals surface area (Å²) >= 11 is 0. The van der Waals surface area contributed by atoms with Gasteiger partial charge >= 0.3 is 0 Å². The van der Waals surface area contributed by atoms with Gasteiger partial charge in [-0.15, -0.1) is 0 Å². The van der Waals surface area contributed by atoms with Crippen LogP contribution in [0.2, 0.25) is 0 Å². The van der Waals surface area contributed by atoms with Crippen molar-refractivity contribution in [1.29, 1.82) is 10.5 Å². The third kappa shape index (κ3) is 3.89. The Bertz CT molecular complexity index is 853. The number of benzene rings is 1. The molecule has 0 spiro atoms. The topological polar surface area (TPSA) is 115 Å². The Kier molecular flexibility index (Phi) is 4.84. The largest absolute Gasteiger partial charge is 0.365 e. The van der Waals surface area contributed by atoms with Gasteiger partial charge < -0.3 is 15.0 Å². The van der Waals surface area contributed by atoms with E-state index in [1.165, 1.54) is 11.2 Å². The number of carbonyl (C=O) groups is 1. The minimum atomic E-state index is -0.721. The average molecular weight is 334 g/mol. The van der Waals surface area contributed by atoms with Crippen LogP contribution in [0.3, 0.4) is 0 Å². The molecule has 1 N–H and O–H groups in total. The summed E-state index contributed by atoms with van der Waals surface area (Å²) in [7, 11) is 0. The smallest absolute Gasteiger partial charge is 0.256 e. The molecular weight excluding hydrogens is 320 g/mol. The normalized spacial score (nSPS) is 16.6. The predicted octanol–water partition coefficient (Wildman–Crippen LogP) is 1.14. The highest BCUT2D eigenvalue weighted by Crippen LogP contribution is 2.19. The second-order valence-electron chi connectivity index (χ2n) is 5.37. The second-order valence-corrected chi connectivity index (χ2v) is 5.37. The van der Waals surface area contributed by atoms with Gasteiger partial charge in [0.2, 0.25) is 0 Å². The summed E-state index contributed by atoms with van der Waals surface area (Å²) in [6, 6.07) is 10.7. The van der Waals surface area contributed by atoms with E-state index < -0.39 is 6.10 Å². The molecule has 1 aromatic heterocycles. The number of morpholine rings is 1. The molecule has 0 bridgehead atoms. The highest BCUT2D eigenvalue weighted by Gasteiger charge is 2.26. The number of carbonyl (C=O) groups excluding carboxylic acids is 1. The molecule has 2 aromatic rings. The van der Waals surface area contributed by atoms with E-state index in [0.29, 0.717) is 30.2 Å². The SMILES string of the molecule is N#Cc1ccc(-c2cc(NC(=O)C3CN(C#N)CCO3)ncn2)cc1. The van der Waals surface area contributed by atoms with Crippen LogP contribution in [0.4, 0.5) is 5.82 Å². The van der Waals surface area contributed by atoms with Crippen molar-refractivity contribution in [3.63, 3.8) is 0 Å². The molecule has 0 saturated carbocycles. The zero-order valence-electron chi connectivity index (χ0n) is 13.2. The van der Waals surface area contributed by atoms with Crippen LogP contribution in [0.25, 0.3) is 11.3 Å². The molecule has 25 heavy (non-hydrogen) atoms. The van der Waals surface area contributed by atoms with E-state index in [9.17, 15) is 4.79 Å². The maximum Gasteiger partial charge on any atom is 0.256 e. The van der Waals surface area contributed by atoms with Crippen LogP contribution in [0, 0.1) is 22.8 Å². The number of rotatable bonds is 3. The van der Waals surface area contributed by atoms with Crippen LogP contribution in [0.5, 0.6) is 0 Å². The summed E-state index contributed by atoms with van der Waals surface area (Å²) in [5, 5.41) is 20.5. The van der Waals surface area contributed by atoms with Gasteiger partial charge in [0, 0.05) is 11.6 Å². The molecule has 124 valence electrons. The summed E-state index contributed by atoms with van der Waals surface area (Å²) in [6.07, 6.45) is 2.65. The molecule has 2 heterocycles. The first-order chi connectivity index (χ1) is 12.2. The molecule has 8 nitrogen and oxygen atoms in total. The van der Waals surface area contributed by atoms with E-state index in [2.05, 4.69) is 21.4 Å². The fourth-order valence-electron chi connectivity index (χ4n) is 2.40. The lowest BCUT2D eigenvalue weighted by Crippen LogP contribution is -2.46. The Labute approximate surface area is 144 Å². The lowest BCUT2D eigenvalue weighted by molar-refractivity contribution is -0.131. The number of anilines is 1. The molecule has 1 aliphatic heterocycles. The molecule has 1 saturated heterocycles. The van der Waals surface area contributed by atoms with Gasteiger partial charge in [0.05, 0.1) is 37.0 Å². The highest BCUT2D eigenvalue weighted by atomic mass is 16.5. The second kappa shape index (κ2) is 7.39. The van der Waals surface area contributed by atoms with E-state index in [0.717, 1.165) is 5.56 Å². The molecule has 1 aromatic carbocycles. The Balaban J connectivity index is 1.72. The molecule has 3 rings (SSSR count). The van der Waals surface area contributed by atoms with Gasteiger partial charge in [0.15, 0.2) is 12.3 Å². The van der Waals surface area contributed by atoms with E-state index in [1.807, 2.05) is 6.19 Å². The first-order valence-electron chi connectivity index (χ1n) is 7.59. The van der Waals surface area contributed by atoms with Gasteiger partial charge in [-0.25, -0.2) is 9.97 Å². The number of aromatic nitrogens is 2. The molecule has 0 radical (unpaired) electrons. The van der Waals surface area contributed by atoms with Crippen LogP contribution < -0.4 is 5.32 Å². The van der Waals surface area contributed by atoms with Crippen LogP contribution >= 0.6 is 0 Å². The van der Waals surface area contributed by atoms with Gasteiger partial charge in [-0.05, 0) is 12.1 Å². The number of nitriles is 2. The minimum Gasteiger partial charge on any atom is -0.365 e. The van der Waals surface area contributed by atoms with Crippen molar-refractivity contribution < 1.29 is 9.53 Å². The molecule has 1 amide bonds. The van der Waals surface area contributed by atoms with Crippen molar-refractivity contribution in [2.24, 2.45) is 0 Å². The number of ether oxygens (including phenoxy) is 1. The first-order valence-corrected chi connectivity index (χ1v) is 7.59. The maximum absolute atomic E-state index is 12.3. The molecule has 8 heteroatoms. The van der Waals surface area contributed by atoms with Crippen LogP contribution in [-0.4, -0.2) is 46.6 Å². The lowest BCUT2D eigenvalue weighted by atomic mass is 10.1. The zero-order chi connectivity index (χ0) is 17.6. The van der Waals surface area contributed by atoms with Crippen molar-refractivity contribution in [3.8, 4) is 23.5 Å². The van der Waals surface area contributed by atoms with Gasteiger partial charge in [0.25, 0.3) is 5.91 Å². The van der Waals surface area contributed by atoms with E-state index in [-0.39, 0.29) is 12.5 Å². The standard InChI is InChI=1S/C17H14N6O2/c18-8-12-1-3-13(4-2-12)14-7-16(21-11-20-14)22-17(24)15-9-23(10-19)5-6-25-15/h1-4,7,11,15H,5-6,9H2,(H,20,21,22,24). The number of nitrogens with zero attached hydrogens (tertiary/aromatic N) is 5. The fourth-order valence-corrected chi connectivity index (χ4v) is 2.40. The van der Waals surface area contributed by atoms with Crippen LogP contribution in [-0.2, 0) is 9.53 Å². The Morgan fingerprint density at radius 1 is 1.28 bits per heavy atom. The third-order valence-electron chi connectivity index (χ3n) is 3.73. The highest BCUT2D eigenvalue weighted by molar-refractivity contribution is 5.94. The lowest BCUT2D eigenvalue weighted by Gasteiger charge is -2.28. The zero-order valence-corrected chi connectivity index (χ0v) is 13.2. The van der Waals surface area contributed by atoms with Crippen molar-refractivity contribution >= 4 is 11.7 Å². The van der Waals surface area contributed by atoms with E-state index in [4.69, 9.17) is 15.3 Å². The summed E-state index contributed by atoms with van der Waals surface area (Å²) in [5.41, 5.74) is 1.99. The van der Waals surface area contributed by atoms with Gasteiger partial charge in [0.1, 0.15) is 12.1 Å². The van der Waals surface area contributed by atoms with E-state index >= 15 is 0 Å². The average Bonchev–Trinajstić information content (AvgIpc) is 2.68. The van der Waals surface area contributed by atoms with Gasteiger partial charge in [-0.2, -0.15) is 10.5 Å². The number of hydrogen-bond acceptors (Lipinski definition) is 7. The number of nitrogens with one attached hydrogen (secondary N) is 1. The summed E-state index contributed by atoms with van der Waals surface area (Å²) in [6.45, 7) is 1.03. The summed E-state index contributed by atoms with van der Waals surface area (Å²) in [5.74, 6) is -0.0125. The Morgan fingerprint density at radius 2 is 2.08 bits per heavy atom. The summed E-state index contributed by atoms with van der Waals surface area (Å²) in [4.78, 5) is 22.0. The monoisotopic (exact) mass is 334 g/mol. The minimum absolute atomic E-state index is 0.218. The fraction of sp³-hybridized carbons (Fsp3) is 0.235. The van der Waals surface area contributed by atoms with Gasteiger partial charge in [-0.1, -0.05) is 12.1 Å².